The van der Waals surface area contributed by atoms with Gasteiger partial charge in [0.25, 0.3) is 5.56 Å². The smallest absolute Gasteiger partial charge is 0.311 e. The summed E-state index contributed by atoms with van der Waals surface area (Å²) in [6.07, 6.45) is 1.08. The molecule has 25 heavy (non-hydrogen) atoms. The van der Waals surface area contributed by atoms with Crippen LogP contribution in [0.25, 0.3) is 0 Å². The molecule has 2 bridgehead atoms. The van der Waals surface area contributed by atoms with E-state index < -0.39 is 4.92 Å². The van der Waals surface area contributed by atoms with Gasteiger partial charge in [0.15, 0.2) is 5.75 Å². The summed E-state index contributed by atoms with van der Waals surface area (Å²) in [5.41, 5.74) is 1.71. The Balaban J connectivity index is 1.56. The number of pyridine rings is 1. The molecular weight excluding hydrogens is 322 g/mol. The van der Waals surface area contributed by atoms with Crippen molar-refractivity contribution in [1.29, 1.82) is 0 Å². The zero-order valence-electron chi connectivity index (χ0n) is 13.7. The van der Waals surface area contributed by atoms with Gasteiger partial charge in [-0.2, -0.15) is 0 Å². The fourth-order valence-electron chi connectivity index (χ4n) is 4.20. The second-order valence-corrected chi connectivity index (χ2v) is 6.97. The van der Waals surface area contributed by atoms with Gasteiger partial charge in [-0.3, -0.25) is 19.8 Å². The number of phenolic OH excluding ortho intramolecular Hbond substituents is 1. The van der Waals surface area contributed by atoms with Crippen LogP contribution in [0.3, 0.4) is 0 Å². The van der Waals surface area contributed by atoms with Gasteiger partial charge in [-0.15, -0.1) is 0 Å². The zero-order valence-corrected chi connectivity index (χ0v) is 13.7. The number of nitro benzene ring substituents is 1. The molecule has 7 heteroatoms. The summed E-state index contributed by atoms with van der Waals surface area (Å²) < 4.78 is 1.89. The molecule has 1 fully saturated rings. The van der Waals surface area contributed by atoms with E-state index in [9.17, 15) is 20.0 Å². The van der Waals surface area contributed by atoms with E-state index in [1.54, 1.807) is 12.1 Å². The molecular formula is C18H19N3O4. The molecule has 0 radical (unpaired) electrons. The van der Waals surface area contributed by atoms with Crippen LogP contribution in [-0.4, -0.2) is 32.6 Å². The number of piperidine rings is 1. The number of aromatic nitrogens is 1. The van der Waals surface area contributed by atoms with Crippen molar-refractivity contribution < 1.29 is 10.0 Å². The van der Waals surface area contributed by atoms with Crippen molar-refractivity contribution in [3.8, 4) is 5.75 Å². The molecule has 1 aromatic heterocycles. The molecule has 1 saturated heterocycles. The fraction of sp³-hybridized carbons (Fsp3) is 0.389. The van der Waals surface area contributed by atoms with Crippen molar-refractivity contribution in [3.63, 3.8) is 0 Å². The number of fused-ring (bicyclic) bond motifs is 4. The van der Waals surface area contributed by atoms with Gasteiger partial charge >= 0.3 is 5.69 Å². The largest absolute Gasteiger partial charge is 0.502 e. The molecule has 1 N–H and O–H groups in total. The number of aromatic hydroxyl groups is 1. The maximum atomic E-state index is 12.1. The number of benzene rings is 1. The number of phenols is 1. The van der Waals surface area contributed by atoms with Crippen LogP contribution in [0, 0.1) is 16.0 Å². The SMILES string of the molecule is O=c1cccc2n1CC1CC2CN(Cc2ccc(O)c([N+](=O)[O-])c2)C1. The number of rotatable bonds is 3. The van der Waals surface area contributed by atoms with Crippen LogP contribution in [0.15, 0.2) is 41.2 Å². The van der Waals surface area contributed by atoms with Crippen LogP contribution in [0.4, 0.5) is 5.69 Å². The van der Waals surface area contributed by atoms with Crippen LogP contribution in [0.5, 0.6) is 5.75 Å². The van der Waals surface area contributed by atoms with Gasteiger partial charge in [0.2, 0.25) is 0 Å². The van der Waals surface area contributed by atoms with E-state index in [-0.39, 0.29) is 17.0 Å². The third-order valence-electron chi connectivity index (χ3n) is 5.20. The number of nitro groups is 1. The molecule has 130 valence electrons. The quantitative estimate of drug-likeness (QED) is 0.682. The Kier molecular flexibility index (Phi) is 3.80. The van der Waals surface area contributed by atoms with E-state index in [0.717, 1.165) is 37.3 Å². The van der Waals surface area contributed by atoms with Gasteiger partial charge < -0.3 is 9.67 Å². The average molecular weight is 341 g/mol. The molecule has 0 amide bonds. The van der Waals surface area contributed by atoms with Crippen LogP contribution >= 0.6 is 0 Å². The normalized spacial score (nSPS) is 22.4. The van der Waals surface area contributed by atoms with E-state index in [0.29, 0.717) is 18.4 Å². The lowest BCUT2D eigenvalue weighted by atomic mass is 9.83. The van der Waals surface area contributed by atoms with Gasteiger partial charge in [0, 0.05) is 49.9 Å². The summed E-state index contributed by atoms with van der Waals surface area (Å²) in [4.78, 5) is 24.8. The van der Waals surface area contributed by atoms with Gasteiger partial charge in [-0.1, -0.05) is 12.1 Å². The number of likely N-dealkylation sites (tertiary alicyclic amines) is 1. The van der Waals surface area contributed by atoms with Gasteiger partial charge in [-0.05, 0) is 30.0 Å². The Morgan fingerprint density at radius 2 is 2.04 bits per heavy atom. The maximum Gasteiger partial charge on any atom is 0.311 e. The molecule has 0 aliphatic carbocycles. The van der Waals surface area contributed by atoms with Gasteiger partial charge in [0.1, 0.15) is 0 Å². The summed E-state index contributed by atoms with van der Waals surface area (Å²) in [6.45, 7) is 3.03. The Hall–Kier alpha value is -2.67. The minimum Gasteiger partial charge on any atom is -0.502 e. The summed E-state index contributed by atoms with van der Waals surface area (Å²) in [6, 6.07) is 10.0. The highest BCUT2D eigenvalue weighted by Crippen LogP contribution is 2.36. The molecule has 4 rings (SSSR count). The van der Waals surface area contributed by atoms with Crippen LogP contribution in [0.1, 0.15) is 23.6 Å². The van der Waals surface area contributed by atoms with Crippen LogP contribution in [-0.2, 0) is 13.1 Å². The molecule has 7 nitrogen and oxygen atoms in total. The van der Waals surface area contributed by atoms with Crippen LogP contribution in [0.2, 0.25) is 0 Å². The minimum atomic E-state index is -0.563. The number of hydrogen-bond acceptors (Lipinski definition) is 5. The molecule has 0 saturated carbocycles. The molecule has 3 heterocycles. The second kappa shape index (κ2) is 6.00. The molecule has 1 aromatic carbocycles. The Morgan fingerprint density at radius 1 is 1.20 bits per heavy atom. The Morgan fingerprint density at radius 3 is 2.84 bits per heavy atom. The summed E-state index contributed by atoms with van der Waals surface area (Å²) in [5.74, 6) is 0.421. The standard InChI is InChI=1S/C18H19N3O4/c22-17-5-4-12(7-16(17)21(24)25)8-19-9-13-6-14(11-19)15-2-1-3-18(23)20(15)10-13/h1-5,7,13-14,22H,6,8-11H2. The highest BCUT2D eigenvalue weighted by Gasteiger charge is 2.34. The van der Waals surface area contributed by atoms with E-state index in [2.05, 4.69) is 4.90 Å². The monoisotopic (exact) mass is 341 g/mol. The van der Waals surface area contributed by atoms with Crippen molar-refractivity contribution in [2.24, 2.45) is 5.92 Å². The first-order valence-electron chi connectivity index (χ1n) is 8.39. The fourth-order valence-corrected chi connectivity index (χ4v) is 4.20. The molecule has 2 aliphatic heterocycles. The van der Waals surface area contributed by atoms with Crippen molar-refractivity contribution in [2.75, 3.05) is 13.1 Å². The van der Waals surface area contributed by atoms with Crippen molar-refractivity contribution in [2.45, 2.75) is 25.4 Å². The third-order valence-corrected chi connectivity index (χ3v) is 5.20. The third kappa shape index (κ3) is 2.91. The number of nitrogens with zero attached hydrogens (tertiary/aromatic N) is 3. The first-order valence-corrected chi connectivity index (χ1v) is 8.39. The summed E-state index contributed by atoms with van der Waals surface area (Å²) >= 11 is 0. The van der Waals surface area contributed by atoms with Gasteiger partial charge in [-0.25, -0.2) is 0 Å². The summed E-state index contributed by atoms with van der Waals surface area (Å²) in [5, 5.41) is 20.6. The average Bonchev–Trinajstić information content (AvgIpc) is 2.57. The van der Waals surface area contributed by atoms with Crippen molar-refractivity contribution in [1.82, 2.24) is 9.47 Å². The first-order chi connectivity index (χ1) is 12.0. The highest BCUT2D eigenvalue weighted by molar-refractivity contribution is 5.47. The lowest BCUT2D eigenvalue weighted by Crippen LogP contribution is -2.46. The first kappa shape index (κ1) is 15.8. The predicted octanol–water partition coefficient (Wildman–Crippen LogP) is 2.08. The maximum absolute atomic E-state index is 12.1. The Labute approximate surface area is 144 Å². The van der Waals surface area contributed by atoms with Crippen molar-refractivity contribution in [3.05, 3.63) is 68.1 Å². The highest BCUT2D eigenvalue weighted by atomic mass is 16.6. The lowest BCUT2D eigenvalue weighted by molar-refractivity contribution is -0.385. The van der Waals surface area contributed by atoms with Crippen molar-refractivity contribution >= 4 is 5.69 Å². The molecule has 2 aliphatic rings. The second-order valence-electron chi connectivity index (χ2n) is 6.97. The zero-order chi connectivity index (χ0) is 17.6. The van der Waals surface area contributed by atoms with E-state index in [4.69, 9.17) is 0 Å². The molecule has 2 atom stereocenters. The molecule has 2 unspecified atom stereocenters. The predicted molar refractivity (Wildman–Crippen MR) is 91.6 cm³/mol. The lowest BCUT2D eigenvalue weighted by Gasteiger charge is -2.42. The van der Waals surface area contributed by atoms with Gasteiger partial charge in [0.05, 0.1) is 4.92 Å². The number of hydrogen-bond donors (Lipinski definition) is 1. The molecule has 2 aromatic rings. The van der Waals surface area contributed by atoms with E-state index >= 15 is 0 Å². The van der Waals surface area contributed by atoms with E-state index in [1.807, 2.05) is 16.7 Å². The Bertz CT molecular complexity index is 892. The molecule has 0 spiro atoms. The van der Waals surface area contributed by atoms with Crippen LogP contribution < -0.4 is 5.56 Å². The topological polar surface area (TPSA) is 88.6 Å². The summed E-state index contributed by atoms with van der Waals surface area (Å²) in [7, 11) is 0. The minimum absolute atomic E-state index is 0.0646. The van der Waals surface area contributed by atoms with E-state index in [1.165, 1.54) is 12.1 Å².